The van der Waals surface area contributed by atoms with Crippen LogP contribution in [0.25, 0.3) is 0 Å². The number of guanidine groups is 1. The van der Waals surface area contributed by atoms with Crippen molar-refractivity contribution in [2.45, 2.75) is 31.9 Å². The van der Waals surface area contributed by atoms with Crippen LogP contribution in [0, 0.1) is 0 Å². The Morgan fingerprint density at radius 3 is 2.43 bits per heavy atom. The van der Waals surface area contributed by atoms with E-state index < -0.39 is 6.10 Å². The smallest absolute Gasteiger partial charge is 0.409 e. The van der Waals surface area contributed by atoms with Crippen molar-refractivity contribution in [3.8, 4) is 11.5 Å². The van der Waals surface area contributed by atoms with Gasteiger partial charge in [-0.3, -0.25) is 4.99 Å². The highest BCUT2D eigenvalue weighted by atomic mass is 16.6. The molecule has 156 valence electrons. The van der Waals surface area contributed by atoms with E-state index >= 15 is 0 Å². The largest absolute Gasteiger partial charge is 0.497 e. The fraction of sp³-hybridized carbons (Fsp3) is 0.579. The maximum atomic E-state index is 11.7. The SMILES string of the molecule is CCOC(=O)N1CCC(NC(N)=NCC(O)c2cc(OC)cc(OC)c2)CC1. The zero-order valence-electron chi connectivity index (χ0n) is 16.7. The summed E-state index contributed by atoms with van der Waals surface area (Å²) in [6.45, 7) is 3.49. The minimum atomic E-state index is -0.838. The summed E-state index contributed by atoms with van der Waals surface area (Å²) in [5.41, 5.74) is 6.59. The molecule has 0 saturated carbocycles. The molecule has 9 heteroatoms. The number of hydrogen-bond acceptors (Lipinski definition) is 6. The molecule has 1 fully saturated rings. The maximum Gasteiger partial charge on any atom is 0.409 e. The number of piperidine rings is 1. The van der Waals surface area contributed by atoms with E-state index in [1.165, 1.54) is 0 Å². The number of likely N-dealkylation sites (tertiary alicyclic amines) is 1. The second-order valence-electron chi connectivity index (χ2n) is 6.49. The molecule has 1 amide bonds. The summed E-state index contributed by atoms with van der Waals surface area (Å²) in [6, 6.07) is 5.33. The Labute approximate surface area is 165 Å². The highest BCUT2D eigenvalue weighted by molar-refractivity contribution is 5.78. The first-order valence-corrected chi connectivity index (χ1v) is 9.36. The fourth-order valence-electron chi connectivity index (χ4n) is 2.99. The van der Waals surface area contributed by atoms with Gasteiger partial charge in [-0.25, -0.2) is 4.79 Å². The number of rotatable bonds is 7. The molecule has 0 spiro atoms. The minimum absolute atomic E-state index is 0.108. The Morgan fingerprint density at radius 2 is 1.89 bits per heavy atom. The predicted octanol–water partition coefficient (Wildman–Crippen LogP) is 1.26. The second kappa shape index (κ2) is 10.6. The van der Waals surface area contributed by atoms with Crippen molar-refractivity contribution in [3.05, 3.63) is 23.8 Å². The summed E-state index contributed by atoms with van der Waals surface area (Å²) in [4.78, 5) is 17.6. The van der Waals surface area contributed by atoms with Crippen LogP contribution < -0.4 is 20.5 Å². The van der Waals surface area contributed by atoms with Gasteiger partial charge in [0.05, 0.1) is 33.5 Å². The van der Waals surface area contributed by atoms with Gasteiger partial charge in [0.15, 0.2) is 5.96 Å². The zero-order valence-corrected chi connectivity index (χ0v) is 16.7. The lowest BCUT2D eigenvalue weighted by Gasteiger charge is -2.31. The number of methoxy groups -OCH3 is 2. The number of carbonyl (C=O) groups is 1. The van der Waals surface area contributed by atoms with Gasteiger partial charge in [0.1, 0.15) is 11.5 Å². The highest BCUT2D eigenvalue weighted by Gasteiger charge is 2.23. The van der Waals surface area contributed by atoms with Crippen molar-refractivity contribution < 1.29 is 24.1 Å². The lowest BCUT2D eigenvalue weighted by atomic mass is 10.1. The van der Waals surface area contributed by atoms with E-state index in [4.69, 9.17) is 19.9 Å². The number of nitrogens with zero attached hydrogens (tertiary/aromatic N) is 2. The standard InChI is InChI=1S/C19H30N4O5/c1-4-28-19(25)23-7-5-14(6-8-23)22-18(20)21-12-17(24)13-9-15(26-2)11-16(10-13)27-3/h9-11,14,17,24H,4-8,12H2,1-3H3,(H3,20,21,22). The van der Waals surface area contributed by atoms with Crippen LogP contribution in [0.5, 0.6) is 11.5 Å². The first-order valence-electron chi connectivity index (χ1n) is 9.36. The van der Waals surface area contributed by atoms with E-state index in [1.54, 1.807) is 44.2 Å². The fourth-order valence-corrected chi connectivity index (χ4v) is 2.99. The summed E-state index contributed by atoms with van der Waals surface area (Å²) in [6.07, 6.45) is 0.393. The molecule has 1 aliphatic heterocycles. The molecule has 1 heterocycles. The third-order valence-corrected chi connectivity index (χ3v) is 4.57. The number of aliphatic hydroxyl groups is 1. The molecule has 0 aromatic heterocycles. The molecule has 0 radical (unpaired) electrons. The average Bonchev–Trinajstić information content (AvgIpc) is 2.72. The lowest BCUT2D eigenvalue weighted by Crippen LogP contribution is -2.48. The van der Waals surface area contributed by atoms with Crippen LogP contribution in [0.15, 0.2) is 23.2 Å². The third-order valence-electron chi connectivity index (χ3n) is 4.57. The van der Waals surface area contributed by atoms with E-state index in [9.17, 15) is 9.90 Å². The van der Waals surface area contributed by atoms with E-state index in [2.05, 4.69) is 10.3 Å². The lowest BCUT2D eigenvalue weighted by molar-refractivity contribution is 0.0963. The van der Waals surface area contributed by atoms with Crippen molar-refractivity contribution >= 4 is 12.1 Å². The summed E-state index contributed by atoms with van der Waals surface area (Å²) >= 11 is 0. The van der Waals surface area contributed by atoms with E-state index in [1.807, 2.05) is 0 Å². The predicted molar refractivity (Wildman–Crippen MR) is 106 cm³/mol. The Bertz CT molecular complexity index is 652. The third kappa shape index (κ3) is 6.19. The van der Waals surface area contributed by atoms with E-state index in [-0.39, 0.29) is 24.6 Å². The van der Waals surface area contributed by atoms with Gasteiger partial charge in [0.2, 0.25) is 0 Å². The Kier molecular flexibility index (Phi) is 8.19. The topological polar surface area (TPSA) is 119 Å². The van der Waals surface area contributed by atoms with Crippen LogP contribution in [-0.2, 0) is 4.74 Å². The number of nitrogens with one attached hydrogen (secondary N) is 1. The van der Waals surface area contributed by atoms with Crippen LogP contribution in [0.3, 0.4) is 0 Å². The first kappa shape index (κ1) is 21.6. The molecule has 1 saturated heterocycles. The number of hydrogen-bond donors (Lipinski definition) is 3. The van der Waals surface area contributed by atoms with E-state index in [0.717, 1.165) is 12.8 Å². The maximum absolute atomic E-state index is 11.7. The molecule has 1 aromatic carbocycles. The Hall–Kier alpha value is -2.68. The molecule has 2 rings (SSSR count). The van der Waals surface area contributed by atoms with Crippen molar-refractivity contribution in [2.75, 3.05) is 40.5 Å². The molecule has 1 aromatic rings. The van der Waals surface area contributed by atoms with Crippen LogP contribution >= 0.6 is 0 Å². The number of aliphatic imine (C=N–C) groups is 1. The molecular weight excluding hydrogens is 364 g/mol. The quantitative estimate of drug-likeness (QED) is 0.471. The zero-order chi connectivity index (χ0) is 20.5. The minimum Gasteiger partial charge on any atom is -0.497 e. The second-order valence-corrected chi connectivity index (χ2v) is 6.49. The van der Waals surface area contributed by atoms with Crippen LogP contribution in [0.2, 0.25) is 0 Å². The molecule has 4 N–H and O–H groups in total. The van der Waals surface area contributed by atoms with Gasteiger partial charge in [-0.15, -0.1) is 0 Å². The molecule has 28 heavy (non-hydrogen) atoms. The van der Waals surface area contributed by atoms with Gasteiger partial charge in [-0.05, 0) is 37.5 Å². The molecule has 9 nitrogen and oxygen atoms in total. The van der Waals surface area contributed by atoms with E-state index in [0.29, 0.717) is 36.8 Å². The number of nitrogens with two attached hydrogens (primary N) is 1. The van der Waals surface area contributed by atoms with Gasteiger partial charge >= 0.3 is 6.09 Å². The van der Waals surface area contributed by atoms with Gasteiger partial charge in [-0.1, -0.05) is 0 Å². The number of carbonyl (C=O) groups excluding carboxylic acids is 1. The van der Waals surface area contributed by atoms with Crippen LogP contribution in [-0.4, -0.2) is 68.6 Å². The van der Waals surface area contributed by atoms with Crippen molar-refractivity contribution in [2.24, 2.45) is 10.7 Å². The monoisotopic (exact) mass is 394 g/mol. The summed E-state index contributed by atoms with van der Waals surface area (Å²) in [7, 11) is 3.11. The summed E-state index contributed by atoms with van der Waals surface area (Å²) < 4.78 is 15.4. The van der Waals surface area contributed by atoms with Gasteiger partial charge in [0.25, 0.3) is 0 Å². The van der Waals surface area contributed by atoms with Gasteiger partial charge in [0, 0.05) is 25.2 Å². The van der Waals surface area contributed by atoms with Crippen molar-refractivity contribution in [1.29, 1.82) is 0 Å². The summed E-state index contributed by atoms with van der Waals surface area (Å²) in [5.74, 6) is 1.46. The molecule has 0 bridgehead atoms. The van der Waals surface area contributed by atoms with Crippen LogP contribution in [0.4, 0.5) is 4.79 Å². The molecule has 1 unspecified atom stereocenters. The number of benzene rings is 1. The first-order chi connectivity index (χ1) is 13.5. The van der Waals surface area contributed by atoms with Crippen LogP contribution in [0.1, 0.15) is 31.4 Å². The molecule has 1 atom stereocenters. The van der Waals surface area contributed by atoms with Gasteiger partial charge in [-0.2, -0.15) is 0 Å². The van der Waals surface area contributed by atoms with Crippen molar-refractivity contribution in [1.82, 2.24) is 10.2 Å². The number of aliphatic hydroxyl groups excluding tert-OH is 1. The number of amides is 1. The van der Waals surface area contributed by atoms with Crippen molar-refractivity contribution in [3.63, 3.8) is 0 Å². The highest BCUT2D eigenvalue weighted by Crippen LogP contribution is 2.26. The molecule has 1 aliphatic rings. The average molecular weight is 394 g/mol. The Balaban J connectivity index is 1.85. The molecular formula is C19H30N4O5. The number of ether oxygens (including phenoxy) is 3. The normalized spacial score (nSPS) is 16.4. The Morgan fingerprint density at radius 1 is 1.29 bits per heavy atom. The van der Waals surface area contributed by atoms with Gasteiger partial charge < -0.3 is 35.3 Å². The summed E-state index contributed by atoms with van der Waals surface area (Å²) in [5, 5.41) is 13.6. The molecule has 0 aliphatic carbocycles.